The number of guanidine groups is 1. The zero-order valence-corrected chi connectivity index (χ0v) is 18.7. The molecule has 6 nitrogen and oxygen atoms in total. The van der Waals surface area contributed by atoms with Crippen molar-refractivity contribution in [2.24, 2.45) is 4.99 Å². The van der Waals surface area contributed by atoms with Crippen molar-refractivity contribution < 1.29 is 8.42 Å². The van der Waals surface area contributed by atoms with Gasteiger partial charge in [-0.15, -0.1) is 0 Å². The van der Waals surface area contributed by atoms with E-state index in [1.54, 1.807) is 6.07 Å². The second-order valence-electron chi connectivity index (χ2n) is 7.47. The Hall–Kier alpha value is -2.80. The molecule has 3 rings (SSSR count). The molecule has 0 saturated heterocycles. The first kappa shape index (κ1) is 21.9. The summed E-state index contributed by atoms with van der Waals surface area (Å²) in [6, 6.07) is 13.9. The van der Waals surface area contributed by atoms with Crippen LogP contribution in [-0.4, -0.2) is 40.3 Å². The van der Waals surface area contributed by atoms with Gasteiger partial charge in [0.15, 0.2) is 15.8 Å². The first-order valence-electron chi connectivity index (χ1n) is 10.2. The predicted octanol–water partition coefficient (Wildman–Crippen LogP) is 3.03. The Balaban J connectivity index is 1.65. The molecule has 0 aliphatic carbocycles. The summed E-state index contributed by atoms with van der Waals surface area (Å²) < 4.78 is 23.6. The fourth-order valence-electron chi connectivity index (χ4n) is 3.48. The van der Waals surface area contributed by atoms with E-state index >= 15 is 0 Å². The summed E-state index contributed by atoms with van der Waals surface area (Å²) in [4.78, 5) is 7.40. The number of hydrogen-bond donors (Lipinski definition) is 2. The lowest BCUT2D eigenvalue weighted by molar-refractivity contribution is 0.601. The third-order valence-corrected chi connectivity index (χ3v) is 6.21. The number of anilines is 1. The Morgan fingerprint density at radius 1 is 1.07 bits per heavy atom. The largest absolute Gasteiger partial charge is 0.364 e. The van der Waals surface area contributed by atoms with Crippen molar-refractivity contribution in [1.82, 2.24) is 10.6 Å². The third-order valence-electron chi connectivity index (χ3n) is 4.96. The highest BCUT2D eigenvalue weighted by molar-refractivity contribution is 7.90. The van der Waals surface area contributed by atoms with E-state index in [-0.39, 0.29) is 0 Å². The molecule has 1 aliphatic rings. The molecule has 0 unspecified atom stereocenters. The number of hydrogen-bond acceptors (Lipinski definition) is 4. The molecule has 0 saturated carbocycles. The van der Waals surface area contributed by atoms with Gasteiger partial charge in [-0.2, -0.15) is 0 Å². The van der Waals surface area contributed by atoms with E-state index in [1.807, 2.05) is 26.0 Å². The average Bonchev–Trinajstić information content (AvgIpc) is 3.24. The van der Waals surface area contributed by atoms with E-state index in [4.69, 9.17) is 4.99 Å². The van der Waals surface area contributed by atoms with Gasteiger partial charge in [0.25, 0.3) is 0 Å². The van der Waals surface area contributed by atoms with Gasteiger partial charge in [0.1, 0.15) is 0 Å². The lowest BCUT2D eigenvalue weighted by atomic mass is 10.1. The molecule has 1 heterocycles. The Kier molecular flexibility index (Phi) is 7.15. The van der Waals surface area contributed by atoms with Crippen LogP contribution in [0.15, 0.2) is 64.5 Å². The van der Waals surface area contributed by atoms with Crippen molar-refractivity contribution in [2.75, 3.05) is 30.8 Å². The standard InChI is InChI=1S/C23H30N4O2S/c1-4-24-23(26-17-20-10-11-22(18(2)14-20)30(3,28)29)25-16-19-8-7-9-21(15-19)27-12-5-6-13-27/h5-11,14-15H,4,12-13,16-17H2,1-3H3,(H2,24,25,26). The van der Waals surface area contributed by atoms with Gasteiger partial charge in [-0.05, 0) is 48.7 Å². The number of rotatable bonds is 7. The third kappa shape index (κ3) is 5.86. The Labute approximate surface area is 179 Å². The first-order chi connectivity index (χ1) is 14.4. The number of nitrogens with one attached hydrogen (secondary N) is 2. The van der Waals surface area contributed by atoms with Crippen LogP contribution < -0.4 is 15.5 Å². The lowest BCUT2D eigenvalue weighted by Crippen LogP contribution is -2.36. The Morgan fingerprint density at radius 3 is 2.50 bits per heavy atom. The smallest absolute Gasteiger partial charge is 0.191 e. The maximum atomic E-state index is 11.8. The van der Waals surface area contributed by atoms with E-state index in [2.05, 4.69) is 52.0 Å². The molecule has 1 aliphatic heterocycles. The molecule has 0 fully saturated rings. The summed E-state index contributed by atoms with van der Waals surface area (Å²) >= 11 is 0. The van der Waals surface area contributed by atoms with Crippen molar-refractivity contribution in [3.05, 3.63) is 71.3 Å². The molecule has 160 valence electrons. The molecule has 0 radical (unpaired) electrons. The molecule has 0 amide bonds. The van der Waals surface area contributed by atoms with Crippen LogP contribution in [0.25, 0.3) is 0 Å². The van der Waals surface area contributed by atoms with Gasteiger partial charge in [0, 0.05) is 38.1 Å². The van der Waals surface area contributed by atoms with Crippen LogP contribution >= 0.6 is 0 Å². The van der Waals surface area contributed by atoms with Crippen molar-refractivity contribution >= 4 is 21.5 Å². The molecular weight excluding hydrogens is 396 g/mol. The SMILES string of the molecule is CCNC(=NCc1cccc(N2CC=CC2)c1)NCc1ccc(S(C)(=O)=O)c(C)c1. The summed E-state index contributed by atoms with van der Waals surface area (Å²) in [5.41, 5.74) is 4.14. The predicted molar refractivity (Wildman–Crippen MR) is 124 cm³/mol. The molecule has 2 N–H and O–H groups in total. The van der Waals surface area contributed by atoms with E-state index in [9.17, 15) is 8.42 Å². The Bertz CT molecular complexity index is 1040. The van der Waals surface area contributed by atoms with Crippen LogP contribution in [0.1, 0.15) is 23.6 Å². The molecular formula is C23H30N4O2S. The van der Waals surface area contributed by atoms with Crippen LogP contribution in [0.4, 0.5) is 5.69 Å². The topological polar surface area (TPSA) is 73.8 Å². The molecule has 7 heteroatoms. The fourth-order valence-corrected chi connectivity index (χ4v) is 4.43. The number of nitrogens with zero attached hydrogens (tertiary/aromatic N) is 2. The summed E-state index contributed by atoms with van der Waals surface area (Å²) in [5.74, 6) is 0.732. The molecule has 0 aromatic heterocycles. The molecule has 0 bridgehead atoms. The van der Waals surface area contributed by atoms with Crippen molar-refractivity contribution in [3.8, 4) is 0 Å². The number of benzene rings is 2. The van der Waals surface area contributed by atoms with Crippen molar-refractivity contribution in [1.29, 1.82) is 0 Å². The van der Waals surface area contributed by atoms with Gasteiger partial charge in [-0.1, -0.05) is 36.4 Å². The lowest BCUT2D eigenvalue weighted by Gasteiger charge is -2.18. The number of aryl methyl sites for hydroxylation is 1. The molecule has 2 aromatic rings. The molecule has 2 aromatic carbocycles. The maximum absolute atomic E-state index is 11.8. The number of aliphatic imine (C=N–C) groups is 1. The summed E-state index contributed by atoms with van der Waals surface area (Å²) in [6.45, 7) is 7.66. The fraction of sp³-hybridized carbons (Fsp3) is 0.348. The second kappa shape index (κ2) is 9.80. The minimum Gasteiger partial charge on any atom is -0.364 e. The van der Waals surface area contributed by atoms with E-state index in [1.165, 1.54) is 11.9 Å². The monoisotopic (exact) mass is 426 g/mol. The zero-order chi connectivity index (χ0) is 21.6. The van der Waals surface area contributed by atoms with Crippen molar-refractivity contribution in [2.45, 2.75) is 31.8 Å². The van der Waals surface area contributed by atoms with Gasteiger partial charge in [0.2, 0.25) is 0 Å². The first-order valence-corrected chi connectivity index (χ1v) is 12.1. The average molecular weight is 427 g/mol. The number of sulfone groups is 1. The van der Waals surface area contributed by atoms with Gasteiger partial charge in [-0.25, -0.2) is 13.4 Å². The summed E-state index contributed by atoms with van der Waals surface area (Å²) in [7, 11) is -3.20. The van der Waals surface area contributed by atoms with E-state index in [0.717, 1.165) is 42.3 Å². The minimum absolute atomic E-state index is 0.375. The van der Waals surface area contributed by atoms with Crippen LogP contribution in [0, 0.1) is 6.92 Å². The van der Waals surface area contributed by atoms with Crippen molar-refractivity contribution in [3.63, 3.8) is 0 Å². The minimum atomic E-state index is -3.20. The van der Waals surface area contributed by atoms with Crippen LogP contribution in [0.5, 0.6) is 0 Å². The van der Waals surface area contributed by atoms with Gasteiger partial charge >= 0.3 is 0 Å². The highest BCUT2D eigenvalue weighted by Gasteiger charge is 2.11. The zero-order valence-electron chi connectivity index (χ0n) is 17.9. The van der Waals surface area contributed by atoms with Gasteiger partial charge < -0.3 is 15.5 Å². The van der Waals surface area contributed by atoms with Gasteiger partial charge in [-0.3, -0.25) is 0 Å². The highest BCUT2D eigenvalue weighted by Crippen LogP contribution is 2.19. The second-order valence-corrected chi connectivity index (χ2v) is 9.45. The Morgan fingerprint density at radius 2 is 1.83 bits per heavy atom. The molecule has 30 heavy (non-hydrogen) atoms. The maximum Gasteiger partial charge on any atom is 0.191 e. The van der Waals surface area contributed by atoms with E-state index < -0.39 is 9.84 Å². The summed E-state index contributed by atoms with van der Waals surface area (Å²) in [5, 5.41) is 6.60. The molecule has 0 spiro atoms. The highest BCUT2D eigenvalue weighted by atomic mass is 32.2. The van der Waals surface area contributed by atoms with Crippen LogP contribution in [-0.2, 0) is 22.9 Å². The van der Waals surface area contributed by atoms with E-state index in [0.29, 0.717) is 18.0 Å². The van der Waals surface area contributed by atoms with Crippen LogP contribution in [0.3, 0.4) is 0 Å². The van der Waals surface area contributed by atoms with Gasteiger partial charge in [0.05, 0.1) is 11.4 Å². The molecule has 0 atom stereocenters. The summed E-state index contributed by atoms with van der Waals surface area (Å²) in [6.07, 6.45) is 5.60. The van der Waals surface area contributed by atoms with Crippen LogP contribution in [0.2, 0.25) is 0 Å². The quantitative estimate of drug-likeness (QED) is 0.404. The normalized spacial score (nSPS) is 14.2.